The Bertz CT molecular complexity index is 1150. The lowest BCUT2D eigenvalue weighted by Crippen LogP contribution is -2.49. The highest BCUT2D eigenvalue weighted by Gasteiger charge is 2.25. The summed E-state index contributed by atoms with van der Waals surface area (Å²) >= 11 is 5.85. The van der Waals surface area contributed by atoms with Gasteiger partial charge in [0.25, 0.3) is 11.6 Å². The summed E-state index contributed by atoms with van der Waals surface area (Å²) in [6, 6.07) is 15.6. The maximum atomic E-state index is 12.8. The molecule has 2 heterocycles. The first-order valence-corrected chi connectivity index (χ1v) is 10.9. The Kier molecular flexibility index (Phi) is 6.69. The minimum Gasteiger partial charge on any atom is -0.494 e. The first-order chi connectivity index (χ1) is 16.0. The number of carbonyl (C=O) groups excluding carboxylic acids is 1. The van der Waals surface area contributed by atoms with E-state index in [2.05, 4.69) is 15.1 Å². The summed E-state index contributed by atoms with van der Waals surface area (Å²) in [7, 11) is 0. The van der Waals surface area contributed by atoms with E-state index in [1.807, 2.05) is 43.3 Å². The van der Waals surface area contributed by atoms with Gasteiger partial charge in [0.2, 0.25) is 0 Å². The van der Waals surface area contributed by atoms with Crippen molar-refractivity contribution < 1.29 is 14.5 Å². The zero-order valence-electron chi connectivity index (χ0n) is 18.0. The van der Waals surface area contributed by atoms with Gasteiger partial charge in [-0.1, -0.05) is 11.6 Å². The fourth-order valence-electron chi connectivity index (χ4n) is 3.64. The Balaban J connectivity index is 1.38. The molecule has 0 saturated carbocycles. The number of halogens is 1. The molecule has 4 rings (SSSR count). The number of aromatic nitrogens is 2. The molecule has 9 nitrogen and oxygen atoms in total. The molecule has 1 aromatic heterocycles. The molecule has 1 aliphatic heterocycles. The third kappa shape index (κ3) is 5.04. The van der Waals surface area contributed by atoms with Gasteiger partial charge in [-0.25, -0.2) is 0 Å². The number of rotatable bonds is 6. The number of ether oxygens (including phenoxy) is 1. The average Bonchev–Trinajstić information content (AvgIpc) is 2.85. The predicted molar refractivity (Wildman–Crippen MR) is 125 cm³/mol. The van der Waals surface area contributed by atoms with Crippen molar-refractivity contribution in [2.24, 2.45) is 0 Å². The van der Waals surface area contributed by atoms with Crippen LogP contribution in [0.5, 0.6) is 5.75 Å². The molecule has 1 saturated heterocycles. The van der Waals surface area contributed by atoms with Crippen LogP contribution in [-0.4, -0.2) is 58.7 Å². The Labute approximate surface area is 195 Å². The number of anilines is 1. The molecule has 0 bridgehead atoms. The van der Waals surface area contributed by atoms with Crippen molar-refractivity contribution in [1.82, 2.24) is 15.1 Å². The predicted octanol–water partition coefficient (Wildman–Crippen LogP) is 4.07. The topological polar surface area (TPSA) is 102 Å². The summed E-state index contributed by atoms with van der Waals surface area (Å²) in [4.78, 5) is 27.0. The van der Waals surface area contributed by atoms with Crippen LogP contribution in [0.25, 0.3) is 11.3 Å². The molecule has 0 aliphatic carbocycles. The lowest BCUT2D eigenvalue weighted by Gasteiger charge is -2.35. The molecule has 0 unspecified atom stereocenters. The molecule has 0 spiro atoms. The lowest BCUT2D eigenvalue weighted by atomic mass is 10.1. The quantitative estimate of drug-likeness (QED) is 0.397. The lowest BCUT2D eigenvalue weighted by molar-refractivity contribution is -0.384. The Morgan fingerprint density at radius 3 is 2.39 bits per heavy atom. The van der Waals surface area contributed by atoms with Crippen LogP contribution in [0.1, 0.15) is 17.3 Å². The molecule has 0 radical (unpaired) electrons. The van der Waals surface area contributed by atoms with E-state index in [4.69, 9.17) is 16.3 Å². The van der Waals surface area contributed by atoms with Gasteiger partial charge in [0.15, 0.2) is 5.82 Å². The van der Waals surface area contributed by atoms with Gasteiger partial charge in [-0.15, -0.1) is 10.2 Å². The summed E-state index contributed by atoms with van der Waals surface area (Å²) in [5.74, 6) is 1.29. The zero-order valence-corrected chi connectivity index (χ0v) is 18.7. The first-order valence-electron chi connectivity index (χ1n) is 10.5. The van der Waals surface area contributed by atoms with Crippen molar-refractivity contribution in [2.45, 2.75) is 6.92 Å². The fourth-order valence-corrected chi connectivity index (χ4v) is 3.83. The maximum absolute atomic E-state index is 12.8. The Hall–Kier alpha value is -3.72. The van der Waals surface area contributed by atoms with Crippen LogP contribution >= 0.6 is 11.6 Å². The Morgan fingerprint density at radius 1 is 1.06 bits per heavy atom. The third-order valence-corrected chi connectivity index (χ3v) is 5.71. The van der Waals surface area contributed by atoms with E-state index in [9.17, 15) is 14.9 Å². The number of benzene rings is 2. The van der Waals surface area contributed by atoms with Crippen LogP contribution in [0.15, 0.2) is 54.6 Å². The molecule has 33 heavy (non-hydrogen) atoms. The molecule has 3 aromatic rings. The van der Waals surface area contributed by atoms with E-state index in [-0.39, 0.29) is 22.2 Å². The third-order valence-electron chi connectivity index (χ3n) is 5.39. The van der Waals surface area contributed by atoms with E-state index >= 15 is 0 Å². The van der Waals surface area contributed by atoms with Gasteiger partial charge in [0.1, 0.15) is 10.8 Å². The van der Waals surface area contributed by atoms with Crippen molar-refractivity contribution in [3.8, 4) is 17.0 Å². The fraction of sp³-hybridized carbons (Fsp3) is 0.261. The highest BCUT2D eigenvalue weighted by molar-refractivity contribution is 6.32. The van der Waals surface area contributed by atoms with Crippen LogP contribution in [-0.2, 0) is 0 Å². The number of nitro groups is 1. The second kappa shape index (κ2) is 9.83. The van der Waals surface area contributed by atoms with Crippen molar-refractivity contribution >= 4 is 29.0 Å². The maximum Gasteiger partial charge on any atom is 0.288 e. The first kappa shape index (κ1) is 22.5. The van der Waals surface area contributed by atoms with Gasteiger partial charge in [0.05, 0.1) is 17.2 Å². The van der Waals surface area contributed by atoms with Crippen molar-refractivity contribution in [2.75, 3.05) is 37.7 Å². The number of nitro benzene ring substituents is 1. The molecule has 1 fully saturated rings. The second-order valence-electron chi connectivity index (χ2n) is 7.44. The monoisotopic (exact) mass is 467 g/mol. The number of amides is 1. The van der Waals surface area contributed by atoms with Crippen LogP contribution in [0.3, 0.4) is 0 Å². The molecule has 2 aromatic carbocycles. The number of hydrogen-bond donors (Lipinski definition) is 0. The number of carbonyl (C=O) groups is 1. The smallest absolute Gasteiger partial charge is 0.288 e. The summed E-state index contributed by atoms with van der Waals surface area (Å²) in [6.45, 7) is 4.66. The number of piperazine rings is 1. The van der Waals surface area contributed by atoms with Crippen LogP contribution in [0.4, 0.5) is 11.5 Å². The zero-order chi connectivity index (χ0) is 23.4. The average molecular weight is 468 g/mol. The van der Waals surface area contributed by atoms with E-state index in [0.29, 0.717) is 32.8 Å². The molecule has 0 atom stereocenters. The minimum atomic E-state index is -0.591. The molecule has 1 aliphatic rings. The van der Waals surface area contributed by atoms with Gasteiger partial charge >= 0.3 is 0 Å². The van der Waals surface area contributed by atoms with E-state index in [1.54, 1.807) is 4.90 Å². The number of hydrogen-bond acceptors (Lipinski definition) is 7. The van der Waals surface area contributed by atoms with E-state index < -0.39 is 4.92 Å². The summed E-state index contributed by atoms with van der Waals surface area (Å²) < 4.78 is 5.46. The summed E-state index contributed by atoms with van der Waals surface area (Å²) in [5.41, 5.74) is 1.69. The highest BCUT2D eigenvalue weighted by atomic mass is 35.5. The molecule has 1 amide bonds. The van der Waals surface area contributed by atoms with Gasteiger partial charge in [-0.05, 0) is 55.5 Å². The van der Waals surface area contributed by atoms with Crippen molar-refractivity contribution in [1.29, 1.82) is 0 Å². The summed E-state index contributed by atoms with van der Waals surface area (Å²) in [6.07, 6.45) is 0. The SMILES string of the molecule is CCOc1ccc(-c2ccc(N3CCN(C(=O)c4ccc(Cl)c([N+](=O)[O-])c4)CC3)nn2)cc1. The molecular formula is C23H22ClN5O4. The van der Waals surface area contributed by atoms with Crippen LogP contribution < -0.4 is 9.64 Å². The molecule has 0 N–H and O–H groups in total. The normalized spacial score (nSPS) is 13.6. The van der Waals surface area contributed by atoms with Gasteiger partial charge < -0.3 is 14.5 Å². The van der Waals surface area contributed by atoms with E-state index in [0.717, 1.165) is 22.8 Å². The highest BCUT2D eigenvalue weighted by Crippen LogP contribution is 2.26. The Morgan fingerprint density at radius 2 is 1.79 bits per heavy atom. The van der Waals surface area contributed by atoms with Gasteiger partial charge in [-0.2, -0.15) is 0 Å². The summed E-state index contributed by atoms with van der Waals surface area (Å²) in [5, 5.41) is 19.8. The minimum absolute atomic E-state index is 0.00799. The van der Waals surface area contributed by atoms with Crippen LogP contribution in [0, 0.1) is 10.1 Å². The van der Waals surface area contributed by atoms with Crippen LogP contribution in [0.2, 0.25) is 5.02 Å². The second-order valence-corrected chi connectivity index (χ2v) is 7.84. The largest absolute Gasteiger partial charge is 0.494 e. The van der Waals surface area contributed by atoms with Gasteiger partial charge in [0, 0.05) is 43.4 Å². The van der Waals surface area contributed by atoms with E-state index in [1.165, 1.54) is 18.2 Å². The molecule has 170 valence electrons. The standard InChI is InChI=1S/C23H22ClN5O4/c1-2-33-18-6-3-16(4-7-18)20-9-10-22(26-25-20)27-11-13-28(14-12-27)23(30)17-5-8-19(24)21(15-17)29(31)32/h3-10,15H,2,11-14H2,1H3. The number of nitrogens with zero attached hydrogens (tertiary/aromatic N) is 5. The van der Waals surface area contributed by atoms with Gasteiger partial charge in [-0.3, -0.25) is 14.9 Å². The van der Waals surface area contributed by atoms with Crippen molar-refractivity contribution in [3.05, 3.63) is 75.3 Å². The molecule has 10 heteroatoms. The van der Waals surface area contributed by atoms with Crippen molar-refractivity contribution in [3.63, 3.8) is 0 Å². The molecular weight excluding hydrogens is 446 g/mol.